The molecule has 0 N–H and O–H groups in total. The maximum absolute atomic E-state index is 11.1. The van der Waals surface area contributed by atoms with E-state index in [-0.39, 0.29) is 37.0 Å². The molecule has 0 radical (unpaired) electrons. The predicted molar refractivity (Wildman–Crippen MR) is 60.4 cm³/mol. The van der Waals surface area contributed by atoms with Crippen molar-refractivity contribution in [2.24, 2.45) is 0 Å². The van der Waals surface area contributed by atoms with Gasteiger partial charge in [-0.25, -0.2) is 0 Å². The molecule has 0 aliphatic carbocycles. The monoisotopic (exact) mass is 224 g/mol. The van der Waals surface area contributed by atoms with Crippen LogP contribution >= 0.6 is 0 Å². The van der Waals surface area contributed by atoms with E-state index < -0.39 is 0 Å². The van der Waals surface area contributed by atoms with E-state index in [1.165, 1.54) is 19.3 Å². The number of unbranched alkanes of at least 4 members (excludes halogenated alkanes) is 5. The standard InChI is InChI=1S/C12H24O2.Na.H/c1-3-5-7-9-11-14-12(13)10-8-6-4-2;;/h3-11H2,1-2H3;;/q;+1;-1. The number of ether oxygens (including phenoxy) is 1. The van der Waals surface area contributed by atoms with Gasteiger partial charge in [-0.3, -0.25) is 4.79 Å². The molecule has 15 heavy (non-hydrogen) atoms. The first-order chi connectivity index (χ1) is 6.81. The predicted octanol–water partition coefficient (Wildman–Crippen LogP) is 0.807. The Morgan fingerprint density at radius 1 is 1.00 bits per heavy atom. The number of esters is 1. The van der Waals surface area contributed by atoms with Crippen LogP contribution in [0.2, 0.25) is 0 Å². The zero-order chi connectivity index (χ0) is 10.6. The van der Waals surface area contributed by atoms with E-state index in [1.54, 1.807) is 0 Å². The molecule has 0 unspecified atom stereocenters. The Hall–Kier alpha value is 0.470. The van der Waals surface area contributed by atoms with Gasteiger partial charge in [-0.1, -0.05) is 46.0 Å². The van der Waals surface area contributed by atoms with Gasteiger partial charge in [0.15, 0.2) is 0 Å². The van der Waals surface area contributed by atoms with Crippen LogP contribution < -0.4 is 29.6 Å². The summed E-state index contributed by atoms with van der Waals surface area (Å²) >= 11 is 0. The largest absolute Gasteiger partial charge is 1.00 e. The van der Waals surface area contributed by atoms with Gasteiger partial charge in [0, 0.05) is 6.42 Å². The van der Waals surface area contributed by atoms with Gasteiger partial charge in [-0.05, 0) is 12.8 Å². The van der Waals surface area contributed by atoms with Crippen molar-refractivity contribution in [2.75, 3.05) is 6.61 Å². The summed E-state index contributed by atoms with van der Waals surface area (Å²) in [5, 5.41) is 0. The molecule has 0 bridgehead atoms. The Balaban J connectivity index is -0.000000845. The minimum atomic E-state index is -0.0186. The first kappa shape index (κ1) is 17.9. The normalized spacial score (nSPS) is 9.47. The van der Waals surface area contributed by atoms with E-state index in [9.17, 15) is 4.79 Å². The Morgan fingerprint density at radius 2 is 1.60 bits per heavy atom. The SMILES string of the molecule is CCCCCCOC(=O)CCCCC.[H-].[Na+]. The number of carbonyl (C=O) groups is 1. The molecular formula is C12H25NaO2. The molecule has 0 atom stereocenters. The second-order valence-corrected chi connectivity index (χ2v) is 3.74. The summed E-state index contributed by atoms with van der Waals surface area (Å²) in [5.41, 5.74) is 0. The van der Waals surface area contributed by atoms with Crippen LogP contribution in [0.15, 0.2) is 0 Å². The van der Waals surface area contributed by atoms with Crippen molar-refractivity contribution >= 4 is 5.97 Å². The van der Waals surface area contributed by atoms with Crippen molar-refractivity contribution in [3.63, 3.8) is 0 Å². The Bertz CT molecular complexity index is 143. The molecule has 0 amide bonds. The Kier molecular flexibility index (Phi) is 17.2. The van der Waals surface area contributed by atoms with E-state index in [2.05, 4.69) is 13.8 Å². The first-order valence-electron chi connectivity index (χ1n) is 5.96. The third kappa shape index (κ3) is 14.5. The van der Waals surface area contributed by atoms with Gasteiger partial charge in [0.1, 0.15) is 0 Å². The molecule has 0 aromatic heterocycles. The minimum Gasteiger partial charge on any atom is -1.00 e. The molecule has 3 heteroatoms. The van der Waals surface area contributed by atoms with Crippen molar-refractivity contribution in [1.29, 1.82) is 0 Å². The fraction of sp³-hybridized carbons (Fsp3) is 0.917. The summed E-state index contributed by atoms with van der Waals surface area (Å²) in [6.07, 6.45) is 8.53. The molecule has 86 valence electrons. The van der Waals surface area contributed by atoms with Gasteiger partial charge >= 0.3 is 35.5 Å². The molecule has 0 aromatic rings. The summed E-state index contributed by atoms with van der Waals surface area (Å²) in [7, 11) is 0. The average molecular weight is 224 g/mol. The van der Waals surface area contributed by atoms with E-state index >= 15 is 0 Å². The van der Waals surface area contributed by atoms with E-state index in [4.69, 9.17) is 4.74 Å². The second-order valence-electron chi connectivity index (χ2n) is 3.74. The molecule has 0 spiro atoms. The van der Waals surface area contributed by atoms with Gasteiger partial charge in [0.2, 0.25) is 0 Å². The molecule has 0 heterocycles. The molecule has 0 saturated heterocycles. The molecule has 0 rings (SSSR count). The molecule has 0 saturated carbocycles. The molecule has 2 nitrogen and oxygen atoms in total. The maximum atomic E-state index is 11.1. The van der Waals surface area contributed by atoms with Crippen molar-refractivity contribution in [3.05, 3.63) is 0 Å². The Morgan fingerprint density at radius 3 is 2.20 bits per heavy atom. The van der Waals surface area contributed by atoms with Gasteiger partial charge in [-0.2, -0.15) is 0 Å². The topological polar surface area (TPSA) is 26.3 Å². The third-order valence-corrected chi connectivity index (χ3v) is 2.25. The summed E-state index contributed by atoms with van der Waals surface area (Å²) in [5.74, 6) is -0.0186. The molecule has 0 aliphatic rings. The van der Waals surface area contributed by atoms with Crippen molar-refractivity contribution in [3.8, 4) is 0 Å². The smallest absolute Gasteiger partial charge is 1.00 e. The van der Waals surface area contributed by atoms with Crippen molar-refractivity contribution in [1.82, 2.24) is 0 Å². The van der Waals surface area contributed by atoms with Gasteiger partial charge < -0.3 is 6.16 Å². The van der Waals surface area contributed by atoms with Crippen LogP contribution in [-0.2, 0) is 9.53 Å². The van der Waals surface area contributed by atoms with Gasteiger partial charge in [0.05, 0.1) is 6.61 Å². The number of hydrogen-bond acceptors (Lipinski definition) is 2. The average Bonchev–Trinajstić information content (AvgIpc) is 2.18. The molecule has 0 aromatic carbocycles. The first-order valence-corrected chi connectivity index (χ1v) is 5.96. The van der Waals surface area contributed by atoms with Crippen LogP contribution in [0.25, 0.3) is 0 Å². The minimum absolute atomic E-state index is 0. The summed E-state index contributed by atoms with van der Waals surface area (Å²) in [4.78, 5) is 11.1. The molecule has 0 aliphatic heterocycles. The maximum Gasteiger partial charge on any atom is 1.00 e. The zero-order valence-electron chi connectivity index (χ0n) is 11.7. The summed E-state index contributed by atoms with van der Waals surface area (Å²) in [6.45, 7) is 4.93. The summed E-state index contributed by atoms with van der Waals surface area (Å²) in [6, 6.07) is 0. The summed E-state index contributed by atoms with van der Waals surface area (Å²) < 4.78 is 5.10. The number of carbonyl (C=O) groups excluding carboxylic acids is 1. The fourth-order valence-corrected chi connectivity index (χ4v) is 1.31. The third-order valence-electron chi connectivity index (χ3n) is 2.25. The van der Waals surface area contributed by atoms with E-state index in [0.717, 1.165) is 25.7 Å². The van der Waals surface area contributed by atoms with Crippen LogP contribution in [-0.4, -0.2) is 12.6 Å². The van der Waals surface area contributed by atoms with Crippen molar-refractivity contribution in [2.45, 2.75) is 65.2 Å². The quantitative estimate of drug-likeness (QED) is 0.329. The van der Waals surface area contributed by atoms with E-state index in [0.29, 0.717) is 13.0 Å². The number of hydrogen-bond donors (Lipinski definition) is 0. The fourth-order valence-electron chi connectivity index (χ4n) is 1.31. The van der Waals surface area contributed by atoms with E-state index in [1.807, 2.05) is 0 Å². The van der Waals surface area contributed by atoms with Crippen LogP contribution in [0, 0.1) is 0 Å². The zero-order valence-corrected chi connectivity index (χ0v) is 12.7. The van der Waals surface area contributed by atoms with Crippen LogP contribution in [0.4, 0.5) is 0 Å². The molecule has 0 fully saturated rings. The molecular weight excluding hydrogens is 199 g/mol. The van der Waals surface area contributed by atoms with Crippen LogP contribution in [0.3, 0.4) is 0 Å². The van der Waals surface area contributed by atoms with Crippen molar-refractivity contribution < 1.29 is 40.5 Å². The number of rotatable bonds is 9. The van der Waals surface area contributed by atoms with Gasteiger partial charge in [0.25, 0.3) is 0 Å². The van der Waals surface area contributed by atoms with Gasteiger partial charge in [-0.15, -0.1) is 0 Å². The second kappa shape index (κ2) is 14.5. The Labute approximate surface area is 118 Å². The van der Waals surface area contributed by atoms with Crippen LogP contribution in [0.1, 0.15) is 66.6 Å². The van der Waals surface area contributed by atoms with Crippen LogP contribution in [0.5, 0.6) is 0 Å².